The molecule has 0 spiro atoms. The summed E-state index contributed by atoms with van der Waals surface area (Å²) in [4.78, 5) is 38.8. The quantitative estimate of drug-likeness (QED) is 0.0638. The molecule has 0 saturated carbocycles. The molecule has 0 aliphatic carbocycles. The zero-order valence-electron chi connectivity index (χ0n) is 28.2. The first-order valence-electron chi connectivity index (χ1n) is 17.8. The third-order valence-corrected chi connectivity index (χ3v) is 7.77. The van der Waals surface area contributed by atoms with Gasteiger partial charge in [-0.3, -0.25) is 14.4 Å². The summed E-state index contributed by atoms with van der Waals surface area (Å²) < 4.78 is 10.8. The van der Waals surface area contributed by atoms with Crippen LogP contribution in [0.3, 0.4) is 0 Å². The lowest BCUT2D eigenvalue weighted by Gasteiger charge is -2.23. The lowest BCUT2D eigenvalue weighted by Crippen LogP contribution is -2.35. The van der Waals surface area contributed by atoms with Crippen molar-refractivity contribution in [3.05, 3.63) is 0 Å². The van der Waals surface area contributed by atoms with Gasteiger partial charge in [0.15, 0.2) is 0 Å². The lowest BCUT2D eigenvalue weighted by molar-refractivity contribution is -0.148. The monoisotopic (exact) mass is 597 g/mol. The maximum atomic E-state index is 12.8. The Kier molecular flexibility index (Phi) is 29.6. The van der Waals surface area contributed by atoms with Crippen molar-refractivity contribution in [2.75, 3.05) is 32.8 Å². The SMILES string of the molecule is CCCCCCCCCCCOC(=O)CCCCCN(CCCCCCCC(=O)OC(C)CCC)C(=O)CCNCC. The Morgan fingerprint density at radius 3 is 1.74 bits per heavy atom. The normalized spacial score (nSPS) is 11.8. The number of nitrogens with zero attached hydrogens (tertiary/aromatic N) is 1. The van der Waals surface area contributed by atoms with Crippen molar-refractivity contribution in [3.63, 3.8) is 0 Å². The zero-order chi connectivity index (χ0) is 31.1. The van der Waals surface area contributed by atoms with Crippen LogP contribution in [0.5, 0.6) is 0 Å². The molecule has 0 aromatic heterocycles. The molecule has 0 fully saturated rings. The summed E-state index contributed by atoms with van der Waals surface area (Å²) >= 11 is 0. The van der Waals surface area contributed by atoms with E-state index in [1.165, 1.54) is 44.9 Å². The van der Waals surface area contributed by atoms with E-state index in [2.05, 4.69) is 26.1 Å². The van der Waals surface area contributed by atoms with Crippen LogP contribution in [0.15, 0.2) is 0 Å². The minimum absolute atomic E-state index is 0.0155. The number of hydrogen-bond donors (Lipinski definition) is 1. The molecule has 1 atom stereocenters. The molecule has 0 aromatic carbocycles. The Morgan fingerprint density at radius 1 is 0.619 bits per heavy atom. The predicted octanol–water partition coefficient (Wildman–Crippen LogP) is 8.52. The summed E-state index contributed by atoms with van der Waals surface area (Å²) in [6.07, 6.45) is 22.4. The van der Waals surface area contributed by atoms with Crippen LogP contribution in [0.1, 0.15) is 169 Å². The van der Waals surface area contributed by atoms with Gasteiger partial charge in [-0.05, 0) is 52.0 Å². The molecule has 7 heteroatoms. The van der Waals surface area contributed by atoms with E-state index in [-0.39, 0.29) is 23.9 Å². The van der Waals surface area contributed by atoms with Crippen LogP contribution >= 0.6 is 0 Å². The Bertz CT molecular complexity index is 643. The van der Waals surface area contributed by atoms with Crippen molar-refractivity contribution in [2.45, 2.75) is 175 Å². The summed E-state index contributed by atoms with van der Waals surface area (Å²) in [5.74, 6) is 0.0395. The molecule has 0 rings (SSSR count). The third-order valence-electron chi connectivity index (χ3n) is 7.77. The van der Waals surface area contributed by atoms with Gasteiger partial charge in [0.05, 0.1) is 12.7 Å². The van der Waals surface area contributed by atoms with Crippen LogP contribution in [-0.4, -0.2) is 61.6 Å². The second-order valence-electron chi connectivity index (χ2n) is 12.0. The topological polar surface area (TPSA) is 84.9 Å². The number of carbonyl (C=O) groups is 3. The average molecular weight is 597 g/mol. The number of amides is 1. The molecule has 0 radical (unpaired) electrons. The fourth-order valence-electron chi connectivity index (χ4n) is 5.16. The van der Waals surface area contributed by atoms with E-state index in [1.54, 1.807) is 0 Å². The Balaban J connectivity index is 4.01. The van der Waals surface area contributed by atoms with Gasteiger partial charge in [0.25, 0.3) is 0 Å². The molecule has 0 heterocycles. The molecule has 0 aromatic rings. The number of unbranched alkanes of at least 4 members (excludes halogenated alkanes) is 14. The van der Waals surface area contributed by atoms with Crippen molar-refractivity contribution in [1.82, 2.24) is 10.2 Å². The van der Waals surface area contributed by atoms with Crippen molar-refractivity contribution in [2.24, 2.45) is 0 Å². The number of carbonyl (C=O) groups excluding carboxylic acids is 3. The number of hydrogen-bond acceptors (Lipinski definition) is 6. The first kappa shape index (κ1) is 40.4. The van der Waals surface area contributed by atoms with Gasteiger partial charge < -0.3 is 19.7 Å². The van der Waals surface area contributed by atoms with Gasteiger partial charge in [-0.2, -0.15) is 0 Å². The van der Waals surface area contributed by atoms with Crippen LogP contribution in [0, 0.1) is 0 Å². The number of ether oxygens (including phenoxy) is 2. The van der Waals surface area contributed by atoms with Gasteiger partial charge in [-0.1, -0.05) is 104 Å². The summed E-state index contributed by atoms with van der Waals surface area (Å²) in [5.41, 5.74) is 0. The van der Waals surface area contributed by atoms with E-state index < -0.39 is 0 Å². The first-order valence-corrected chi connectivity index (χ1v) is 17.8. The smallest absolute Gasteiger partial charge is 0.306 e. The van der Waals surface area contributed by atoms with Gasteiger partial charge in [0.2, 0.25) is 5.91 Å². The largest absolute Gasteiger partial charge is 0.466 e. The molecular weight excluding hydrogens is 528 g/mol. The first-order chi connectivity index (χ1) is 20.4. The highest BCUT2D eigenvalue weighted by Gasteiger charge is 2.13. The summed E-state index contributed by atoms with van der Waals surface area (Å²) in [6, 6.07) is 0. The molecule has 0 aliphatic heterocycles. The number of nitrogens with one attached hydrogen (secondary N) is 1. The molecule has 1 unspecified atom stereocenters. The highest BCUT2D eigenvalue weighted by atomic mass is 16.5. The van der Waals surface area contributed by atoms with Gasteiger partial charge in [0, 0.05) is 38.9 Å². The van der Waals surface area contributed by atoms with Crippen molar-refractivity contribution < 1.29 is 23.9 Å². The van der Waals surface area contributed by atoms with E-state index in [9.17, 15) is 14.4 Å². The summed E-state index contributed by atoms with van der Waals surface area (Å²) in [6.45, 7) is 12.0. The van der Waals surface area contributed by atoms with E-state index in [4.69, 9.17) is 9.47 Å². The molecule has 42 heavy (non-hydrogen) atoms. The molecule has 1 amide bonds. The second-order valence-corrected chi connectivity index (χ2v) is 12.0. The van der Waals surface area contributed by atoms with Gasteiger partial charge in [0.1, 0.15) is 0 Å². The average Bonchev–Trinajstić information content (AvgIpc) is 2.96. The van der Waals surface area contributed by atoms with E-state index in [0.717, 1.165) is 96.7 Å². The van der Waals surface area contributed by atoms with Crippen LogP contribution in [0.25, 0.3) is 0 Å². The van der Waals surface area contributed by atoms with Gasteiger partial charge >= 0.3 is 11.9 Å². The van der Waals surface area contributed by atoms with Crippen LogP contribution < -0.4 is 5.32 Å². The van der Waals surface area contributed by atoms with E-state index in [1.807, 2.05) is 11.8 Å². The number of esters is 2. The van der Waals surface area contributed by atoms with E-state index in [0.29, 0.717) is 32.4 Å². The molecule has 0 saturated heterocycles. The van der Waals surface area contributed by atoms with Crippen molar-refractivity contribution in [3.8, 4) is 0 Å². The Labute approximate surface area is 259 Å². The highest BCUT2D eigenvalue weighted by Crippen LogP contribution is 2.12. The Hall–Kier alpha value is -1.63. The summed E-state index contributed by atoms with van der Waals surface area (Å²) in [5, 5.41) is 3.24. The standard InChI is InChI=1S/C35H68N2O5/c1-5-8-9-10-11-12-13-17-23-31-41-34(39)25-20-18-22-30-37(33(38)27-28-36-7-3)29-21-16-14-15-19-26-35(40)42-32(4)24-6-2/h32,36H,5-31H2,1-4H3. The van der Waals surface area contributed by atoms with Gasteiger partial charge in [-0.25, -0.2) is 0 Å². The highest BCUT2D eigenvalue weighted by molar-refractivity contribution is 5.76. The van der Waals surface area contributed by atoms with Crippen LogP contribution in [-0.2, 0) is 23.9 Å². The molecule has 0 bridgehead atoms. The Morgan fingerprint density at radius 2 is 1.14 bits per heavy atom. The minimum Gasteiger partial charge on any atom is -0.466 e. The van der Waals surface area contributed by atoms with Gasteiger partial charge in [-0.15, -0.1) is 0 Å². The fraction of sp³-hybridized carbons (Fsp3) is 0.914. The minimum atomic E-state index is -0.0862. The molecule has 7 nitrogen and oxygen atoms in total. The van der Waals surface area contributed by atoms with Crippen molar-refractivity contribution >= 4 is 17.8 Å². The third kappa shape index (κ3) is 27.2. The zero-order valence-corrected chi connectivity index (χ0v) is 28.2. The van der Waals surface area contributed by atoms with Crippen LogP contribution in [0.2, 0.25) is 0 Å². The number of rotatable bonds is 31. The second kappa shape index (κ2) is 30.8. The molecular formula is C35H68N2O5. The molecule has 1 N–H and O–H groups in total. The maximum absolute atomic E-state index is 12.8. The van der Waals surface area contributed by atoms with E-state index >= 15 is 0 Å². The fourth-order valence-corrected chi connectivity index (χ4v) is 5.16. The lowest BCUT2D eigenvalue weighted by atomic mass is 10.1. The van der Waals surface area contributed by atoms with Crippen LogP contribution in [0.4, 0.5) is 0 Å². The predicted molar refractivity (Wildman–Crippen MR) is 175 cm³/mol. The van der Waals surface area contributed by atoms with Crippen molar-refractivity contribution in [1.29, 1.82) is 0 Å². The molecule has 248 valence electrons. The molecule has 0 aliphatic rings. The maximum Gasteiger partial charge on any atom is 0.306 e. The summed E-state index contributed by atoms with van der Waals surface area (Å²) in [7, 11) is 0.